The average Bonchev–Trinajstić information content (AvgIpc) is 2.42. The molecule has 0 radical (unpaired) electrons. The first kappa shape index (κ1) is 22.1. The van der Waals surface area contributed by atoms with Gasteiger partial charge in [0, 0.05) is 19.5 Å². The van der Waals surface area contributed by atoms with Gasteiger partial charge in [0.25, 0.3) is 0 Å². The summed E-state index contributed by atoms with van der Waals surface area (Å²) < 4.78 is 5.28. The van der Waals surface area contributed by atoms with Crippen LogP contribution in [0.4, 0.5) is 4.79 Å². The van der Waals surface area contributed by atoms with Gasteiger partial charge in [0.2, 0.25) is 5.91 Å². The van der Waals surface area contributed by atoms with Crippen molar-refractivity contribution in [2.45, 2.75) is 66.2 Å². The van der Waals surface area contributed by atoms with Crippen LogP contribution in [-0.2, 0) is 14.3 Å². The highest BCUT2D eigenvalue weighted by Gasteiger charge is 2.39. The van der Waals surface area contributed by atoms with Crippen molar-refractivity contribution in [3.05, 3.63) is 12.7 Å². The van der Waals surface area contributed by atoms with E-state index in [1.807, 2.05) is 13.8 Å². The summed E-state index contributed by atoms with van der Waals surface area (Å²) in [5.41, 5.74) is -1.23. The lowest BCUT2D eigenvalue weighted by Gasteiger charge is -2.39. The highest BCUT2D eigenvalue weighted by molar-refractivity contribution is 5.91. The zero-order chi connectivity index (χ0) is 19.5. The Kier molecular flexibility index (Phi) is 7.21. The molecule has 0 bridgehead atoms. The SMILES string of the molecule is C=CC(C)(C)[C@@H](C(C)=O)N(C)C(=O)[C@@H](C)N(C)C(=O)OC(C)(C)C. The van der Waals surface area contributed by atoms with Crippen molar-refractivity contribution in [2.75, 3.05) is 14.1 Å². The first-order valence-electron chi connectivity index (χ1n) is 8.02. The predicted molar refractivity (Wildman–Crippen MR) is 94.7 cm³/mol. The van der Waals surface area contributed by atoms with Crippen LogP contribution in [0.25, 0.3) is 0 Å². The Morgan fingerprint density at radius 1 is 1.04 bits per heavy atom. The summed E-state index contributed by atoms with van der Waals surface area (Å²) in [5.74, 6) is -0.471. The van der Waals surface area contributed by atoms with Crippen LogP contribution in [0.1, 0.15) is 48.5 Å². The van der Waals surface area contributed by atoms with Crippen molar-refractivity contribution >= 4 is 17.8 Å². The fraction of sp³-hybridized carbons (Fsp3) is 0.722. The monoisotopic (exact) mass is 340 g/mol. The third kappa shape index (κ3) is 5.65. The molecule has 0 aliphatic heterocycles. The molecule has 0 rings (SSSR count). The molecule has 0 spiro atoms. The number of Topliss-reactive ketones (excluding diaryl/α,β-unsaturated/α-hetero) is 1. The van der Waals surface area contributed by atoms with E-state index in [1.165, 1.54) is 23.8 Å². The number of nitrogens with zero attached hydrogens (tertiary/aromatic N) is 2. The maximum atomic E-state index is 12.8. The fourth-order valence-electron chi connectivity index (χ4n) is 2.49. The summed E-state index contributed by atoms with van der Waals surface area (Å²) in [6.07, 6.45) is 1.07. The maximum absolute atomic E-state index is 12.8. The summed E-state index contributed by atoms with van der Waals surface area (Å²) in [5, 5.41) is 0. The molecule has 6 nitrogen and oxygen atoms in total. The molecule has 0 aliphatic carbocycles. The molecule has 0 heterocycles. The summed E-state index contributed by atoms with van der Waals surface area (Å²) >= 11 is 0. The second-order valence-electron chi connectivity index (χ2n) is 7.76. The largest absolute Gasteiger partial charge is 0.444 e. The van der Waals surface area contributed by atoms with Crippen LogP contribution >= 0.6 is 0 Å². The van der Waals surface area contributed by atoms with E-state index < -0.39 is 29.2 Å². The van der Waals surface area contributed by atoms with Crippen LogP contribution in [0.3, 0.4) is 0 Å². The molecule has 0 saturated heterocycles. The molecule has 138 valence electrons. The van der Waals surface area contributed by atoms with Gasteiger partial charge in [-0.25, -0.2) is 4.79 Å². The zero-order valence-corrected chi connectivity index (χ0v) is 16.5. The summed E-state index contributed by atoms with van der Waals surface area (Å²) in [7, 11) is 3.07. The fourth-order valence-corrected chi connectivity index (χ4v) is 2.49. The van der Waals surface area contributed by atoms with E-state index in [9.17, 15) is 14.4 Å². The minimum atomic E-state index is -0.757. The number of hydrogen-bond donors (Lipinski definition) is 0. The van der Waals surface area contributed by atoms with Gasteiger partial charge in [0.1, 0.15) is 11.6 Å². The number of amides is 2. The van der Waals surface area contributed by atoms with Gasteiger partial charge < -0.3 is 9.64 Å². The van der Waals surface area contributed by atoms with E-state index in [4.69, 9.17) is 4.74 Å². The molecular weight excluding hydrogens is 308 g/mol. The lowest BCUT2D eigenvalue weighted by atomic mass is 9.81. The van der Waals surface area contributed by atoms with Gasteiger partial charge in [-0.2, -0.15) is 0 Å². The highest BCUT2D eigenvalue weighted by atomic mass is 16.6. The van der Waals surface area contributed by atoms with Crippen molar-refractivity contribution in [3.63, 3.8) is 0 Å². The first-order valence-corrected chi connectivity index (χ1v) is 8.02. The number of ether oxygens (including phenoxy) is 1. The van der Waals surface area contributed by atoms with E-state index in [2.05, 4.69) is 6.58 Å². The third-order valence-electron chi connectivity index (χ3n) is 3.97. The number of likely N-dealkylation sites (N-methyl/N-ethyl adjacent to an activating group) is 2. The van der Waals surface area contributed by atoms with Gasteiger partial charge in [-0.1, -0.05) is 19.9 Å². The van der Waals surface area contributed by atoms with Crippen LogP contribution < -0.4 is 0 Å². The van der Waals surface area contributed by atoms with Crippen molar-refractivity contribution in [2.24, 2.45) is 5.41 Å². The van der Waals surface area contributed by atoms with Crippen molar-refractivity contribution in [1.29, 1.82) is 0 Å². The quantitative estimate of drug-likeness (QED) is 0.697. The zero-order valence-electron chi connectivity index (χ0n) is 16.5. The van der Waals surface area contributed by atoms with Crippen LogP contribution in [0.5, 0.6) is 0 Å². The Morgan fingerprint density at radius 3 is 1.83 bits per heavy atom. The maximum Gasteiger partial charge on any atom is 0.410 e. The molecule has 2 atom stereocenters. The van der Waals surface area contributed by atoms with E-state index in [-0.39, 0.29) is 11.7 Å². The minimum Gasteiger partial charge on any atom is -0.444 e. The molecule has 6 heteroatoms. The molecule has 0 aromatic heterocycles. The van der Waals surface area contributed by atoms with Gasteiger partial charge in [-0.3, -0.25) is 14.5 Å². The number of carbonyl (C=O) groups excluding carboxylic acids is 3. The van der Waals surface area contributed by atoms with E-state index >= 15 is 0 Å². The standard InChI is InChI=1S/C18H32N2O4/c1-11-18(7,8)14(13(3)21)20(10)15(22)12(2)19(9)16(23)24-17(4,5)6/h11-12,14H,1H2,2-10H3/t12-,14-/m1/s1. The second-order valence-corrected chi connectivity index (χ2v) is 7.76. The smallest absolute Gasteiger partial charge is 0.410 e. The Hall–Kier alpha value is -1.85. The lowest BCUT2D eigenvalue weighted by molar-refractivity contribution is -0.143. The van der Waals surface area contributed by atoms with Crippen LogP contribution in [0, 0.1) is 5.41 Å². The molecule has 0 aliphatic rings. The number of hydrogen-bond acceptors (Lipinski definition) is 4. The van der Waals surface area contributed by atoms with E-state index in [0.717, 1.165) is 0 Å². The summed E-state index contributed by atoms with van der Waals surface area (Å²) in [6.45, 7) is 15.8. The van der Waals surface area contributed by atoms with E-state index in [1.54, 1.807) is 40.8 Å². The normalized spacial score (nSPS) is 14.4. The molecule has 24 heavy (non-hydrogen) atoms. The predicted octanol–water partition coefficient (Wildman–Crippen LogP) is 2.87. The van der Waals surface area contributed by atoms with Crippen molar-refractivity contribution in [3.8, 4) is 0 Å². The minimum absolute atomic E-state index is 0.136. The number of carbonyl (C=O) groups is 3. The summed E-state index contributed by atoms with van der Waals surface area (Å²) in [6, 6.07) is -1.41. The molecule has 0 aromatic carbocycles. The molecule has 0 N–H and O–H groups in total. The van der Waals surface area contributed by atoms with E-state index in [0.29, 0.717) is 0 Å². The third-order valence-corrected chi connectivity index (χ3v) is 3.97. The molecule has 0 saturated carbocycles. The lowest BCUT2D eigenvalue weighted by Crippen LogP contribution is -2.55. The Labute approximate surface area is 145 Å². The Bertz CT molecular complexity index is 506. The van der Waals surface area contributed by atoms with Gasteiger partial charge in [-0.05, 0) is 34.6 Å². The Balaban J connectivity index is 5.33. The van der Waals surface area contributed by atoms with Crippen LogP contribution in [0.15, 0.2) is 12.7 Å². The van der Waals surface area contributed by atoms with Gasteiger partial charge in [0.15, 0.2) is 5.78 Å². The molecule has 0 unspecified atom stereocenters. The van der Waals surface area contributed by atoms with Crippen molar-refractivity contribution in [1.82, 2.24) is 9.80 Å². The molecule has 0 aromatic rings. The highest BCUT2D eigenvalue weighted by Crippen LogP contribution is 2.27. The van der Waals surface area contributed by atoms with Crippen LogP contribution in [0.2, 0.25) is 0 Å². The van der Waals surface area contributed by atoms with Gasteiger partial charge >= 0.3 is 6.09 Å². The van der Waals surface area contributed by atoms with Crippen molar-refractivity contribution < 1.29 is 19.1 Å². The molecular formula is C18H32N2O4. The van der Waals surface area contributed by atoms with Gasteiger partial charge in [-0.15, -0.1) is 6.58 Å². The topological polar surface area (TPSA) is 66.9 Å². The molecule has 0 fully saturated rings. The van der Waals surface area contributed by atoms with Crippen LogP contribution in [-0.4, -0.2) is 59.4 Å². The first-order chi connectivity index (χ1) is 10.7. The summed E-state index contributed by atoms with van der Waals surface area (Å²) in [4.78, 5) is 39.6. The average molecular weight is 340 g/mol. The second kappa shape index (κ2) is 7.81. The van der Waals surface area contributed by atoms with Gasteiger partial charge in [0.05, 0.1) is 6.04 Å². The number of ketones is 1. The Morgan fingerprint density at radius 2 is 1.50 bits per heavy atom. The molecule has 2 amide bonds. The number of rotatable bonds is 6.